The fourth-order valence-electron chi connectivity index (χ4n) is 3.50. The van der Waals surface area contributed by atoms with Crippen molar-refractivity contribution in [1.29, 1.82) is 0 Å². The topological polar surface area (TPSA) is 106 Å². The summed E-state index contributed by atoms with van der Waals surface area (Å²) in [6, 6.07) is 16.4. The van der Waals surface area contributed by atoms with E-state index in [1.807, 2.05) is 67.5 Å². The Bertz CT molecular complexity index is 875. The van der Waals surface area contributed by atoms with Gasteiger partial charge in [0.2, 0.25) is 5.91 Å². The van der Waals surface area contributed by atoms with Crippen molar-refractivity contribution in [3.8, 4) is 0 Å². The number of aliphatic hydroxyl groups is 1. The zero-order valence-electron chi connectivity index (χ0n) is 18.0. The molecule has 0 aromatic heterocycles. The molecule has 166 valence electrons. The molecule has 1 saturated heterocycles. The molecule has 1 aliphatic heterocycles. The Labute approximate surface area is 183 Å². The second-order valence-electron chi connectivity index (χ2n) is 7.97. The molecule has 2 aromatic carbocycles. The molecule has 5 N–H and O–H groups in total. The fourth-order valence-corrected chi connectivity index (χ4v) is 3.50. The van der Waals surface area contributed by atoms with Crippen molar-refractivity contribution in [2.45, 2.75) is 31.2 Å². The number of nitrogens with one attached hydrogen (secondary N) is 4. The largest absolute Gasteiger partial charge is 0.390 e. The van der Waals surface area contributed by atoms with Gasteiger partial charge in [-0.2, -0.15) is 0 Å². The van der Waals surface area contributed by atoms with Gasteiger partial charge in [-0.15, -0.1) is 0 Å². The summed E-state index contributed by atoms with van der Waals surface area (Å²) in [4.78, 5) is 26.0. The van der Waals surface area contributed by atoms with Crippen LogP contribution in [-0.2, 0) is 17.8 Å². The summed E-state index contributed by atoms with van der Waals surface area (Å²) >= 11 is 0. The van der Waals surface area contributed by atoms with Crippen LogP contribution in [0.4, 0.5) is 10.5 Å². The van der Waals surface area contributed by atoms with Gasteiger partial charge in [-0.25, -0.2) is 4.79 Å². The molecular weight excluding hydrogens is 394 g/mol. The second kappa shape index (κ2) is 10.8. The van der Waals surface area contributed by atoms with Gasteiger partial charge in [0, 0.05) is 39.4 Å². The maximum Gasteiger partial charge on any atom is 0.315 e. The van der Waals surface area contributed by atoms with E-state index in [2.05, 4.69) is 27.3 Å². The third-order valence-electron chi connectivity index (χ3n) is 5.29. The standard InChI is InChI=1S/C23H31N5O3/c1-28(2)18-10-6-9-17(11-18)13-24-15-21(29)19(12-16-7-4-3-5-8-16)26-22(30)20-14-25-23(31)27-20/h3-11,19-21,24,29H,12-15H2,1-2H3,(H,26,30)(H2,25,27,31)/t19-,20-,21+/m0/s1. The summed E-state index contributed by atoms with van der Waals surface area (Å²) in [6.07, 6.45) is -0.314. The van der Waals surface area contributed by atoms with Gasteiger partial charge in [-0.05, 0) is 29.7 Å². The average molecular weight is 426 g/mol. The fraction of sp³-hybridized carbons (Fsp3) is 0.391. The summed E-state index contributed by atoms with van der Waals surface area (Å²) in [5.74, 6) is -0.308. The Morgan fingerprint density at radius 3 is 2.58 bits per heavy atom. The van der Waals surface area contributed by atoms with Gasteiger partial charge in [-0.3, -0.25) is 4.79 Å². The molecule has 31 heavy (non-hydrogen) atoms. The number of anilines is 1. The maximum absolute atomic E-state index is 12.6. The van der Waals surface area contributed by atoms with Crippen LogP contribution in [-0.4, -0.2) is 62.4 Å². The number of carbonyl (C=O) groups is 2. The van der Waals surface area contributed by atoms with Crippen LogP contribution in [0.25, 0.3) is 0 Å². The van der Waals surface area contributed by atoms with E-state index in [0.717, 1.165) is 16.8 Å². The van der Waals surface area contributed by atoms with Gasteiger partial charge in [-0.1, -0.05) is 42.5 Å². The van der Waals surface area contributed by atoms with Gasteiger partial charge in [0.15, 0.2) is 0 Å². The highest BCUT2D eigenvalue weighted by molar-refractivity contribution is 5.90. The lowest BCUT2D eigenvalue weighted by atomic mass is 10.0. The number of benzene rings is 2. The average Bonchev–Trinajstić information content (AvgIpc) is 3.20. The van der Waals surface area contributed by atoms with E-state index in [0.29, 0.717) is 19.5 Å². The van der Waals surface area contributed by atoms with Gasteiger partial charge in [0.1, 0.15) is 6.04 Å². The van der Waals surface area contributed by atoms with Crippen molar-refractivity contribution < 1.29 is 14.7 Å². The van der Waals surface area contributed by atoms with Gasteiger partial charge in [0.05, 0.1) is 12.1 Å². The molecule has 8 nitrogen and oxygen atoms in total. The Morgan fingerprint density at radius 1 is 1.16 bits per heavy atom. The molecule has 3 amide bonds. The smallest absolute Gasteiger partial charge is 0.315 e. The molecule has 1 fully saturated rings. The zero-order chi connectivity index (χ0) is 22.2. The van der Waals surface area contributed by atoms with Crippen molar-refractivity contribution in [1.82, 2.24) is 21.3 Å². The highest BCUT2D eigenvalue weighted by atomic mass is 16.3. The van der Waals surface area contributed by atoms with Crippen molar-refractivity contribution >= 4 is 17.6 Å². The summed E-state index contributed by atoms with van der Waals surface area (Å²) in [7, 11) is 3.99. The van der Waals surface area contributed by atoms with Crippen LogP contribution in [0.2, 0.25) is 0 Å². The molecule has 2 aromatic rings. The summed E-state index contributed by atoms with van der Waals surface area (Å²) in [5, 5.41) is 22.2. The van der Waals surface area contributed by atoms with Crippen molar-refractivity contribution in [2.24, 2.45) is 0 Å². The van der Waals surface area contributed by atoms with E-state index in [4.69, 9.17) is 0 Å². The van der Waals surface area contributed by atoms with Crippen LogP contribution in [0, 0.1) is 0 Å². The number of nitrogens with zero attached hydrogens (tertiary/aromatic N) is 1. The van der Waals surface area contributed by atoms with E-state index in [1.54, 1.807) is 0 Å². The van der Waals surface area contributed by atoms with Crippen molar-refractivity contribution in [2.75, 3.05) is 32.1 Å². The van der Waals surface area contributed by atoms with Crippen LogP contribution in [0.5, 0.6) is 0 Å². The number of rotatable bonds is 10. The van der Waals surface area contributed by atoms with E-state index in [1.165, 1.54) is 0 Å². The Balaban J connectivity index is 1.59. The van der Waals surface area contributed by atoms with Gasteiger partial charge >= 0.3 is 6.03 Å². The van der Waals surface area contributed by atoms with Crippen LogP contribution in [0.3, 0.4) is 0 Å². The predicted octanol–water partition coefficient (Wildman–Crippen LogP) is 0.612. The molecule has 0 radical (unpaired) electrons. The molecule has 1 aliphatic rings. The summed E-state index contributed by atoms with van der Waals surface area (Å²) in [6.45, 7) is 1.16. The number of hydrogen-bond acceptors (Lipinski definition) is 5. The number of aliphatic hydroxyl groups excluding tert-OH is 1. The first-order valence-corrected chi connectivity index (χ1v) is 10.5. The van der Waals surface area contributed by atoms with E-state index in [9.17, 15) is 14.7 Å². The number of carbonyl (C=O) groups excluding carboxylic acids is 2. The van der Waals surface area contributed by atoms with E-state index >= 15 is 0 Å². The highest BCUT2D eigenvalue weighted by Crippen LogP contribution is 2.13. The molecule has 3 atom stereocenters. The van der Waals surface area contributed by atoms with Crippen LogP contribution in [0.15, 0.2) is 54.6 Å². The summed E-state index contributed by atoms with van der Waals surface area (Å²) in [5.41, 5.74) is 3.24. The second-order valence-corrected chi connectivity index (χ2v) is 7.97. The zero-order valence-corrected chi connectivity index (χ0v) is 18.0. The van der Waals surface area contributed by atoms with Gasteiger partial charge < -0.3 is 31.3 Å². The number of hydrogen-bond donors (Lipinski definition) is 5. The molecule has 0 aliphatic carbocycles. The SMILES string of the molecule is CN(C)c1cccc(CNC[C@@H](O)[C@H](Cc2ccccc2)NC(=O)[C@@H]2CNC(=O)N2)c1. The van der Waals surface area contributed by atoms with E-state index in [-0.39, 0.29) is 18.5 Å². The Hall–Kier alpha value is -3.10. The molecule has 0 spiro atoms. The predicted molar refractivity (Wildman–Crippen MR) is 121 cm³/mol. The molecule has 0 unspecified atom stereocenters. The first-order chi connectivity index (χ1) is 14.9. The van der Waals surface area contributed by atoms with Crippen molar-refractivity contribution in [3.05, 3.63) is 65.7 Å². The van der Waals surface area contributed by atoms with E-state index < -0.39 is 18.2 Å². The Kier molecular flexibility index (Phi) is 7.86. The van der Waals surface area contributed by atoms with Gasteiger partial charge in [0.25, 0.3) is 0 Å². The monoisotopic (exact) mass is 425 g/mol. The van der Waals surface area contributed by atoms with Crippen LogP contribution < -0.4 is 26.2 Å². The molecule has 0 bridgehead atoms. The molecule has 8 heteroatoms. The first kappa shape index (κ1) is 22.6. The third-order valence-corrected chi connectivity index (χ3v) is 5.29. The maximum atomic E-state index is 12.6. The number of amides is 3. The first-order valence-electron chi connectivity index (χ1n) is 10.5. The minimum absolute atomic E-state index is 0.235. The normalized spacial score (nSPS) is 17.4. The summed E-state index contributed by atoms with van der Waals surface area (Å²) < 4.78 is 0. The Morgan fingerprint density at radius 2 is 1.90 bits per heavy atom. The molecule has 3 rings (SSSR count). The molecule has 1 heterocycles. The van der Waals surface area contributed by atoms with Crippen LogP contribution in [0.1, 0.15) is 11.1 Å². The third kappa shape index (κ3) is 6.70. The lowest BCUT2D eigenvalue weighted by Crippen LogP contribution is -2.53. The highest BCUT2D eigenvalue weighted by Gasteiger charge is 2.30. The minimum atomic E-state index is -0.800. The lowest BCUT2D eigenvalue weighted by Gasteiger charge is -2.26. The van der Waals surface area contributed by atoms with Crippen molar-refractivity contribution in [3.63, 3.8) is 0 Å². The number of urea groups is 1. The minimum Gasteiger partial charge on any atom is -0.390 e. The molecule has 0 saturated carbocycles. The van der Waals surface area contributed by atoms with Crippen LogP contribution >= 0.6 is 0 Å². The lowest BCUT2D eigenvalue weighted by molar-refractivity contribution is -0.124. The quantitative estimate of drug-likeness (QED) is 0.384. The molecular formula is C23H31N5O3.